The third kappa shape index (κ3) is 3.61. The van der Waals surface area contributed by atoms with E-state index in [-0.39, 0.29) is 11.7 Å². The van der Waals surface area contributed by atoms with Crippen LogP contribution in [-0.2, 0) is 11.3 Å². The van der Waals surface area contributed by atoms with Crippen molar-refractivity contribution in [1.82, 2.24) is 25.1 Å². The van der Waals surface area contributed by atoms with Gasteiger partial charge in [0.15, 0.2) is 11.0 Å². The lowest BCUT2D eigenvalue weighted by atomic mass is 10.1. The molecule has 4 rings (SSSR count). The summed E-state index contributed by atoms with van der Waals surface area (Å²) in [6, 6.07) is 11.8. The first-order valence-corrected chi connectivity index (χ1v) is 9.66. The zero-order valence-corrected chi connectivity index (χ0v) is 15.6. The number of aromatic nitrogens is 4. The number of carbonyl (C=O) groups is 1. The first kappa shape index (κ1) is 17.4. The Morgan fingerprint density at radius 1 is 1.26 bits per heavy atom. The number of amides is 1. The molecule has 3 aromatic heterocycles. The van der Waals surface area contributed by atoms with Crippen molar-refractivity contribution in [2.45, 2.75) is 18.6 Å². The van der Waals surface area contributed by atoms with Crippen LogP contribution in [0.25, 0.3) is 22.3 Å². The molecule has 0 atom stereocenters. The van der Waals surface area contributed by atoms with E-state index in [9.17, 15) is 4.79 Å². The molecular weight excluding hydrogens is 362 g/mol. The van der Waals surface area contributed by atoms with Crippen molar-refractivity contribution in [3.8, 4) is 11.4 Å². The second-order valence-corrected chi connectivity index (χ2v) is 6.90. The number of rotatable bonds is 7. The fourth-order valence-corrected chi connectivity index (χ4v) is 3.70. The molecule has 8 heteroatoms. The molecule has 0 saturated carbocycles. The number of hydrogen-bond donors (Lipinski definition) is 2. The van der Waals surface area contributed by atoms with E-state index >= 15 is 0 Å². The molecule has 0 radical (unpaired) electrons. The van der Waals surface area contributed by atoms with Crippen LogP contribution in [-0.4, -0.2) is 38.0 Å². The van der Waals surface area contributed by atoms with Crippen LogP contribution in [0.15, 0.2) is 58.4 Å². The fourth-order valence-electron chi connectivity index (χ4n) is 2.93. The van der Waals surface area contributed by atoms with Crippen LogP contribution in [0, 0.1) is 0 Å². The zero-order valence-electron chi connectivity index (χ0n) is 14.8. The topological polar surface area (TPSA) is 88.7 Å². The molecule has 0 aliphatic rings. The summed E-state index contributed by atoms with van der Waals surface area (Å²) in [5, 5.41) is 13.3. The average molecular weight is 381 g/mol. The predicted octanol–water partition coefficient (Wildman–Crippen LogP) is 3.30. The van der Waals surface area contributed by atoms with Gasteiger partial charge < -0.3 is 14.7 Å². The Morgan fingerprint density at radius 3 is 2.96 bits per heavy atom. The zero-order chi connectivity index (χ0) is 18.6. The van der Waals surface area contributed by atoms with Crippen LogP contribution in [0.5, 0.6) is 0 Å². The van der Waals surface area contributed by atoms with Crippen LogP contribution in [0.3, 0.4) is 0 Å². The molecule has 0 fully saturated rings. The molecule has 0 bridgehead atoms. The predicted molar refractivity (Wildman–Crippen MR) is 105 cm³/mol. The summed E-state index contributed by atoms with van der Waals surface area (Å²) in [5.41, 5.74) is 2.01. The first-order chi connectivity index (χ1) is 13.3. The minimum Gasteiger partial charge on any atom is -0.467 e. The van der Waals surface area contributed by atoms with Crippen molar-refractivity contribution in [1.29, 1.82) is 0 Å². The number of thioether (sulfide) groups is 1. The highest BCUT2D eigenvalue weighted by Gasteiger charge is 2.19. The highest BCUT2D eigenvalue weighted by atomic mass is 32.2. The van der Waals surface area contributed by atoms with Gasteiger partial charge in [-0.2, -0.15) is 0 Å². The Labute approximate surface area is 160 Å². The minimum atomic E-state index is -0.0244. The molecule has 0 aliphatic carbocycles. The van der Waals surface area contributed by atoms with Crippen molar-refractivity contribution in [2.75, 3.05) is 12.3 Å². The van der Waals surface area contributed by atoms with Crippen LogP contribution < -0.4 is 5.32 Å². The van der Waals surface area contributed by atoms with Crippen molar-refractivity contribution in [3.63, 3.8) is 0 Å². The van der Waals surface area contributed by atoms with E-state index in [0.29, 0.717) is 18.2 Å². The largest absolute Gasteiger partial charge is 0.467 e. The number of furan rings is 1. The number of aromatic amines is 1. The number of carbonyl (C=O) groups excluding carboxylic acids is 1. The normalized spacial score (nSPS) is 11.1. The summed E-state index contributed by atoms with van der Waals surface area (Å²) in [7, 11) is 0. The Bertz CT molecular complexity index is 1050. The second kappa shape index (κ2) is 7.71. The average Bonchev–Trinajstić information content (AvgIpc) is 3.40. The molecule has 1 amide bonds. The van der Waals surface area contributed by atoms with Crippen molar-refractivity contribution in [3.05, 3.63) is 54.6 Å². The van der Waals surface area contributed by atoms with E-state index in [1.807, 2.05) is 48.0 Å². The maximum atomic E-state index is 11.8. The highest BCUT2D eigenvalue weighted by molar-refractivity contribution is 7.99. The molecular formula is C19H19N5O2S. The van der Waals surface area contributed by atoms with Gasteiger partial charge in [0, 0.05) is 29.2 Å². The lowest BCUT2D eigenvalue weighted by molar-refractivity contribution is -0.118. The minimum absolute atomic E-state index is 0.0244. The van der Waals surface area contributed by atoms with E-state index in [1.54, 1.807) is 6.26 Å². The van der Waals surface area contributed by atoms with Gasteiger partial charge in [-0.25, -0.2) is 0 Å². The van der Waals surface area contributed by atoms with E-state index in [0.717, 1.165) is 28.1 Å². The lowest BCUT2D eigenvalue weighted by Gasteiger charge is -2.08. The molecule has 7 nitrogen and oxygen atoms in total. The third-order valence-corrected chi connectivity index (χ3v) is 5.11. The summed E-state index contributed by atoms with van der Waals surface area (Å²) in [4.78, 5) is 15.1. The van der Waals surface area contributed by atoms with Gasteiger partial charge in [-0.05, 0) is 25.1 Å². The van der Waals surface area contributed by atoms with Crippen LogP contribution in [0.2, 0.25) is 0 Å². The Morgan fingerprint density at radius 2 is 2.15 bits per heavy atom. The van der Waals surface area contributed by atoms with Gasteiger partial charge in [0.2, 0.25) is 5.91 Å². The fraction of sp³-hybridized carbons (Fsp3) is 0.211. The van der Waals surface area contributed by atoms with Gasteiger partial charge in [0.05, 0.1) is 18.6 Å². The number of benzene rings is 1. The van der Waals surface area contributed by atoms with Gasteiger partial charge in [-0.3, -0.25) is 9.36 Å². The molecule has 2 N–H and O–H groups in total. The SMILES string of the molecule is CCNC(=O)CSc1nnc(-c2c[nH]c3ccccc23)n1Cc1ccco1. The number of nitrogens with zero attached hydrogens (tertiary/aromatic N) is 3. The summed E-state index contributed by atoms with van der Waals surface area (Å²) in [5.74, 6) is 1.81. The Balaban J connectivity index is 1.71. The number of nitrogens with one attached hydrogen (secondary N) is 2. The number of hydrogen-bond acceptors (Lipinski definition) is 5. The van der Waals surface area contributed by atoms with Gasteiger partial charge in [-0.1, -0.05) is 30.0 Å². The maximum absolute atomic E-state index is 11.8. The molecule has 0 saturated heterocycles. The Kier molecular flexibility index (Phi) is 4.97. The molecule has 4 aromatic rings. The molecule has 0 spiro atoms. The summed E-state index contributed by atoms with van der Waals surface area (Å²) in [6.07, 6.45) is 3.58. The molecule has 138 valence electrons. The molecule has 1 aromatic carbocycles. The summed E-state index contributed by atoms with van der Waals surface area (Å²) in [6.45, 7) is 3.00. The quantitative estimate of drug-likeness (QED) is 0.480. The smallest absolute Gasteiger partial charge is 0.230 e. The van der Waals surface area contributed by atoms with E-state index in [4.69, 9.17) is 4.42 Å². The van der Waals surface area contributed by atoms with E-state index in [2.05, 4.69) is 26.6 Å². The van der Waals surface area contributed by atoms with Gasteiger partial charge >= 0.3 is 0 Å². The molecule has 27 heavy (non-hydrogen) atoms. The van der Waals surface area contributed by atoms with E-state index in [1.165, 1.54) is 11.8 Å². The van der Waals surface area contributed by atoms with Crippen LogP contribution >= 0.6 is 11.8 Å². The van der Waals surface area contributed by atoms with Crippen molar-refractivity contribution in [2.24, 2.45) is 0 Å². The van der Waals surface area contributed by atoms with Crippen molar-refractivity contribution >= 4 is 28.6 Å². The lowest BCUT2D eigenvalue weighted by Crippen LogP contribution is -2.24. The third-order valence-electron chi connectivity index (χ3n) is 4.15. The summed E-state index contributed by atoms with van der Waals surface area (Å²) >= 11 is 1.37. The van der Waals surface area contributed by atoms with Gasteiger partial charge in [-0.15, -0.1) is 10.2 Å². The Hall–Kier alpha value is -3.00. The first-order valence-electron chi connectivity index (χ1n) is 8.68. The van der Waals surface area contributed by atoms with Gasteiger partial charge in [0.25, 0.3) is 0 Å². The van der Waals surface area contributed by atoms with Gasteiger partial charge in [0.1, 0.15) is 5.76 Å². The van der Waals surface area contributed by atoms with Crippen LogP contribution in [0.4, 0.5) is 0 Å². The summed E-state index contributed by atoms with van der Waals surface area (Å²) < 4.78 is 7.50. The monoisotopic (exact) mass is 381 g/mol. The standard InChI is InChI=1S/C19H19N5O2S/c1-2-20-17(25)12-27-19-23-22-18(24(19)11-13-6-5-9-26-13)15-10-21-16-8-4-3-7-14(15)16/h3-10,21H,2,11-12H2,1H3,(H,20,25). The van der Waals surface area contributed by atoms with Crippen LogP contribution in [0.1, 0.15) is 12.7 Å². The maximum Gasteiger partial charge on any atom is 0.230 e. The number of fused-ring (bicyclic) bond motifs is 1. The molecule has 0 unspecified atom stereocenters. The molecule has 3 heterocycles. The van der Waals surface area contributed by atoms with Crippen molar-refractivity contribution < 1.29 is 9.21 Å². The molecule has 0 aliphatic heterocycles. The second-order valence-electron chi connectivity index (χ2n) is 5.96. The number of H-pyrrole nitrogens is 1. The van der Waals surface area contributed by atoms with E-state index < -0.39 is 0 Å². The highest BCUT2D eigenvalue weighted by Crippen LogP contribution is 2.30. The number of para-hydroxylation sites is 1.